The second-order valence-corrected chi connectivity index (χ2v) is 16.0. The van der Waals surface area contributed by atoms with E-state index < -0.39 is 0 Å². The fourth-order valence-electron chi connectivity index (χ4n) is 9.19. The molecule has 0 aliphatic rings. The summed E-state index contributed by atoms with van der Waals surface area (Å²) in [5.74, 6) is 1.74. The first kappa shape index (κ1) is 34.5. The fourth-order valence-corrected chi connectivity index (χ4v) is 9.19. The van der Waals surface area contributed by atoms with Crippen LogP contribution in [-0.2, 0) is 0 Å². The number of furan rings is 2. The maximum absolute atomic E-state index is 6.63. The molecule has 0 fully saturated rings. The molecule has 0 radical (unpaired) electrons. The van der Waals surface area contributed by atoms with Crippen molar-refractivity contribution < 1.29 is 8.83 Å². The molecule has 13 rings (SSSR count). The van der Waals surface area contributed by atoms with E-state index in [-0.39, 0.29) is 0 Å². The van der Waals surface area contributed by atoms with Crippen molar-refractivity contribution in [3.05, 3.63) is 200 Å². The van der Waals surface area contributed by atoms with E-state index in [9.17, 15) is 0 Å². The summed E-state index contributed by atoms with van der Waals surface area (Å²) in [4.78, 5) is 15.8. The molecule has 5 nitrogen and oxygen atoms in total. The summed E-state index contributed by atoms with van der Waals surface area (Å²) < 4.78 is 12.9. The predicted molar refractivity (Wildman–Crippen MR) is 254 cm³/mol. The van der Waals surface area contributed by atoms with Gasteiger partial charge in [0, 0.05) is 38.2 Å². The number of hydrogen-bond acceptors (Lipinski definition) is 5. The number of aromatic nitrogens is 3. The topological polar surface area (TPSA) is 65.0 Å². The molecule has 0 aliphatic carbocycles. The van der Waals surface area contributed by atoms with Gasteiger partial charge in [-0.3, -0.25) is 0 Å². The van der Waals surface area contributed by atoms with Crippen LogP contribution in [-0.4, -0.2) is 15.0 Å². The lowest BCUT2D eigenvalue weighted by Crippen LogP contribution is -2.00. The van der Waals surface area contributed by atoms with E-state index in [1.807, 2.05) is 30.3 Å². The van der Waals surface area contributed by atoms with Gasteiger partial charge in [-0.2, -0.15) is 0 Å². The molecule has 62 heavy (non-hydrogen) atoms. The Morgan fingerprint density at radius 2 is 0.806 bits per heavy atom. The number of para-hydroxylation sites is 1. The molecule has 0 bridgehead atoms. The molecule has 0 N–H and O–H groups in total. The first-order valence-corrected chi connectivity index (χ1v) is 20.8. The standard InChI is InChI=1S/C57H33N3O2/c1-2-9-34(10-3-1)39-21-18-36-19-23-42(31-44(36)30-39)55-58-56(43-24-20-37-26-28-51-54(48(37)32-43)45-13-6-7-15-49(45)61-51)60-57(59-55)47-14-8-16-50-53(47)46-27-25-41(33-52(46)62-50)40-22-17-35-11-4-5-12-38(35)29-40/h1-33H. The van der Waals surface area contributed by atoms with Crippen molar-refractivity contribution in [2.24, 2.45) is 0 Å². The molecule has 0 saturated carbocycles. The predicted octanol–water partition coefficient (Wildman–Crippen LogP) is 15.5. The van der Waals surface area contributed by atoms with Crippen molar-refractivity contribution in [2.75, 3.05) is 0 Å². The molecule has 0 amide bonds. The third-order valence-corrected chi connectivity index (χ3v) is 12.3. The zero-order valence-electron chi connectivity index (χ0n) is 33.2. The van der Waals surface area contributed by atoms with Crippen LogP contribution >= 0.6 is 0 Å². The zero-order chi connectivity index (χ0) is 40.7. The lowest BCUT2D eigenvalue weighted by Gasteiger charge is -2.11. The number of benzene rings is 10. The van der Waals surface area contributed by atoms with Gasteiger partial charge in [-0.05, 0) is 109 Å². The van der Waals surface area contributed by atoms with Crippen LogP contribution in [0.25, 0.3) is 133 Å². The summed E-state index contributed by atoms with van der Waals surface area (Å²) in [6, 6.07) is 70.0. The van der Waals surface area contributed by atoms with Gasteiger partial charge in [0.15, 0.2) is 17.5 Å². The Morgan fingerprint density at radius 1 is 0.258 bits per heavy atom. The Hall–Kier alpha value is -8.41. The van der Waals surface area contributed by atoms with Gasteiger partial charge < -0.3 is 8.83 Å². The van der Waals surface area contributed by atoms with Crippen molar-refractivity contribution in [2.45, 2.75) is 0 Å². The van der Waals surface area contributed by atoms with Crippen LogP contribution in [0.3, 0.4) is 0 Å². The normalized spacial score (nSPS) is 11.9. The van der Waals surface area contributed by atoms with E-state index in [1.54, 1.807) is 0 Å². The second kappa shape index (κ2) is 13.6. The first-order valence-electron chi connectivity index (χ1n) is 20.8. The minimum atomic E-state index is 0.571. The molecule has 288 valence electrons. The van der Waals surface area contributed by atoms with Gasteiger partial charge >= 0.3 is 0 Å². The summed E-state index contributed by atoms with van der Waals surface area (Å²) in [6.07, 6.45) is 0. The molecule has 3 aromatic heterocycles. The zero-order valence-corrected chi connectivity index (χ0v) is 33.2. The molecule has 0 atom stereocenters. The summed E-state index contributed by atoms with van der Waals surface area (Å²) in [5, 5.41) is 11.0. The highest BCUT2D eigenvalue weighted by molar-refractivity contribution is 6.19. The van der Waals surface area contributed by atoms with E-state index in [4.69, 9.17) is 23.8 Å². The van der Waals surface area contributed by atoms with Crippen molar-refractivity contribution in [1.82, 2.24) is 15.0 Å². The average Bonchev–Trinajstić information content (AvgIpc) is 3.92. The molecule has 10 aromatic carbocycles. The molecular formula is C57H33N3O2. The average molecular weight is 792 g/mol. The SMILES string of the molecule is c1ccc(-c2ccc3ccc(-c4nc(-c5ccc6ccc7oc8ccccc8c7c6c5)nc(-c5cccc6oc7cc(-c8ccc9ccccc9c8)ccc7c56)n4)cc3c2)cc1. The van der Waals surface area contributed by atoms with E-state index in [0.29, 0.717) is 17.5 Å². The summed E-state index contributed by atoms with van der Waals surface area (Å²) in [7, 11) is 0. The van der Waals surface area contributed by atoms with Crippen LogP contribution in [0.4, 0.5) is 0 Å². The molecule has 0 unspecified atom stereocenters. The number of fused-ring (bicyclic) bond motifs is 10. The molecule has 0 aliphatic heterocycles. The van der Waals surface area contributed by atoms with Gasteiger partial charge in [-0.15, -0.1) is 0 Å². The van der Waals surface area contributed by atoms with Crippen molar-refractivity contribution in [3.63, 3.8) is 0 Å². The maximum atomic E-state index is 6.63. The van der Waals surface area contributed by atoms with Crippen LogP contribution in [0.1, 0.15) is 0 Å². The second-order valence-electron chi connectivity index (χ2n) is 16.0. The third kappa shape index (κ3) is 5.60. The Balaban J connectivity index is 1.01. The van der Waals surface area contributed by atoms with Gasteiger partial charge in [0.2, 0.25) is 0 Å². The smallest absolute Gasteiger partial charge is 0.164 e. The quantitative estimate of drug-likeness (QED) is 0.174. The summed E-state index contributed by atoms with van der Waals surface area (Å²) in [5.41, 5.74) is 10.5. The van der Waals surface area contributed by atoms with Gasteiger partial charge in [0.1, 0.15) is 22.3 Å². The van der Waals surface area contributed by atoms with E-state index in [0.717, 1.165) is 98.8 Å². The molecular weight excluding hydrogens is 759 g/mol. The minimum Gasteiger partial charge on any atom is -0.456 e. The van der Waals surface area contributed by atoms with Gasteiger partial charge in [0.05, 0.1) is 0 Å². The van der Waals surface area contributed by atoms with Crippen LogP contribution in [0.5, 0.6) is 0 Å². The Labute approximate surface area is 355 Å². The Kier molecular flexibility index (Phi) is 7.54. The van der Waals surface area contributed by atoms with Crippen molar-refractivity contribution in [1.29, 1.82) is 0 Å². The molecule has 0 saturated heterocycles. The summed E-state index contributed by atoms with van der Waals surface area (Å²) in [6.45, 7) is 0. The van der Waals surface area contributed by atoms with Crippen LogP contribution in [0.2, 0.25) is 0 Å². The van der Waals surface area contributed by atoms with E-state index in [2.05, 4.69) is 170 Å². The Morgan fingerprint density at radius 3 is 1.66 bits per heavy atom. The maximum Gasteiger partial charge on any atom is 0.164 e. The number of rotatable bonds is 5. The van der Waals surface area contributed by atoms with E-state index in [1.165, 1.54) is 16.3 Å². The van der Waals surface area contributed by atoms with Crippen LogP contribution in [0, 0.1) is 0 Å². The highest BCUT2D eigenvalue weighted by Gasteiger charge is 2.20. The van der Waals surface area contributed by atoms with Gasteiger partial charge in [-0.25, -0.2) is 15.0 Å². The number of hydrogen-bond donors (Lipinski definition) is 0. The van der Waals surface area contributed by atoms with Crippen LogP contribution in [0.15, 0.2) is 209 Å². The monoisotopic (exact) mass is 791 g/mol. The van der Waals surface area contributed by atoms with E-state index >= 15 is 0 Å². The first-order chi connectivity index (χ1) is 30.7. The van der Waals surface area contributed by atoms with Crippen molar-refractivity contribution >= 4 is 76.2 Å². The highest BCUT2D eigenvalue weighted by Crippen LogP contribution is 2.40. The summed E-state index contributed by atoms with van der Waals surface area (Å²) >= 11 is 0. The molecule has 0 spiro atoms. The lowest BCUT2D eigenvalue weighted by atomic mass is 9.99. The van der Waals surface area contributed by atoms with Crippen LogP contribution < -0.4 is 0 Å². The highest BCUT2D eigenvalue weighted by atomic mass is 16.3. The largest absolute Gasteiger partial charge is 0.456 e. The lowest BCUT2D eigenvalue weighted by molar-refractivity contribution is 0.669. The van der Waals surface area contributed by atoms with Crippen molar-refractivity contribution in [3.8, 4) is 56.4 Å². The van der Waals surface area contributed by atoms with Gasteiger partial charge in [0.25, 0.3) is 0 Å². The van der Waals surface area contributed by atoms with Gasteiger partial charge in [-0.1, -0.05) is 146 Å². The number of nitrogens with zero attached hydrogens (tertiary/aromatic N) is 3. The Bertz CT molecular complexity index is 3940. The molecule has 5 heteroatoms. The minimum absolute atomic E-state index is 0.571. The third-order valence-electron chi connectivity index (χ3n) is 12.3. The molecule has 13 aromatic rings. The fraction of sp³-hybridized carbons (Fsp3) is 0. The molecule has 3 heterocycles.